The first kappa shape index (κ1) is 20.2. The van der Waals surface area contributed by atoms with Gasteiger partial charge >= 0.3 is 0 Å². The van der Waals surface area contributed by atoms with Crippen LogP contribution in [-0.4, -0.2) is 36.5 Å². The van der Waals surface area contributed by atoms with Gasteiger partial charge in [-0.15, -0.1) is 0 Å². The van der Waals surface area contributed by atoms with E-state index in [1.807, 2.05) is 36.4 Å². The lowest BCUT2D eigenvalue weighted by atomic mass is 10.1. The summed E-state index contributed by atoms with van der Waals surface area (Å²) in [5, 5.41) is 7.40. The molecule has 7 heteroatoms. The number of unbranched alkanes of at least 4 members (excludes halogenated alkanes) is 2. The summed E-state index contributed by atoms with van der Waals surface area (Å²) < 4.78 is 39.9. The third kappa shape index (κ3) is 4.85. The molecule has 5 nitrogen and oxygen atoms in total. The maximum Gasteiger partial charge on any atom is 0.245 e. The van der Waals surface area contributed by atoms with Crippen molar-refractivity contribution in [2.24, 2.45) is 0 Å². The second kappa shape index (κ2) is 9.12. The number of aryl methyl sites for hydroxylation is 1. The van der Waals surface area contributed by atoms with Gasteiger partial charge in [-0.05, 0) is 37.5 Å². The molecule has 0 aliphatic rings. The summed E-state index contributed by atoms with van der Waals surface area (Å²) in [5.41, 5.74) is 3.06. The quantitative estimate of drug-likeness (QED) is 0.545. The molecule has 0 bridgehead atoms. The van der Waals surface area contributed by atoms with Crippen molar-refractivity contribution in [3.63, 3.8) is 0 Å². The summed E-state index contributed by atoms with van der Waals surface area (Å²) in [6, 6.07) is 17.5. The van der Waals surface area contributed by atoms with Gasteiger partial charge in [0.1, 0.15) is 10.7 Å². The Morgan fingerprint density at radius 3 is 2.46 bits per heavy atom. The highest BCUT2D eigenvalue weighted by atomic mass is 32.2. The van der Waals surface area contributed by atoms with E-state index < -0.39 is 15.8 Å². The molecule has 0 radical (unpaired) electrons. The molecule has 3 aromatic rings. The molecule has 0 fully saturated rings. The molecule has 0 spiro atoms. The zero-order valence-electron chi connectivity index (χ0n) is 15.8. The average molecular weight is 402 g/mol. The fourth-order valence-electron chi connectivity index (χ4n) is 3.02. The Bertz CT molecular complexity index is 1000. The molecule has 1 N–H and O–H groups in total. The van der Waals surface area contributed by atoms with E-state index in [4.69, 9.17) is 0 Å². The lowest BCUT2D eigenvalue weighted by molar-refractivity contribution is 0.447. The highest BCUT2D eigenvalue weighted by Gasteiger charge is 2.23. The van der Waals surface area contributed by atoms with E-state index in [1.165, 1.54) is 29.6 Å². The predicted octanol–water partition coefficient (Wildman–Crippen LogP) is 4.25. The van der Waals surface area contributed by atoms with Crippen LogP contribution in [0.1, 0.15) is 25.0 Å². The monoisotopic (exact) mass is 401 g/mol. The van der Waals surface area contributed by atoms with Crippen molar-refractivity contribution in [1.82, 2.24) is 14.5 Å². The van der Waals surface area contributed by atoms with Crippen LogP contribution in [0.5, 0.6) is 0 Å². The molecule has 0 atom stereocenters. The van der Waals surface area contributed by atoms with Gasteiger partial charge in [0.2, 0.25) is 10.0 Å². The first-order chi connectivity index (χ1) is 13.5. The van der Waals surface area contributed by atoms with Crippen molar-refractivity contribution in [1.29, 1.82) is 0 Å². The van der Waals surface area contributed by atoms with Crippen LogP contribution in [-0.2, 0) is 16.4 Å². The molecular weight excluding hydrogens is 377 g/mol. The number of H-pyrrole nitrogens is 1. The van der Waals surface area contributed by atoms with Crippen LogP contribution >= 0.6 is 0 Å². The number of benzene rings is 2. The van der Waals surface area contributed by atoms with Gasteiger partial charge in [0.05, 0.1) is 5.69 Å². The van der Waals surface area contributed by atoms with Gasteiger partial charge in [0.25, 0.3) is 0 Å². The first-order valence-corrected chi connectivity index (χ1v) is 10.7. The number of nitrogens with zero attached hydrogens (tertiary/aromatic N) is 2. The number of hydrogen-bond acceptors (Lipinski definition) is 3. The highest BCUT2D eigenvalue weighted by Crippen LogP contribution is 2.19. The lowest BCUT2D eigenvalue weighted by Gasteiger charge is -2.17. The minimum Gasteiger partial charge on any atom is -0.282 e. The van der Waals surface area contributed by atoms with Crippen LogP contribution in [0.3, 0.4) is 0 Å². The number of hydrogen-bond donors (Lipinski definition) is 1. The molecule has 0 unspecified atom stereocenters. The molecule has 2 aromatic carbocycles. The average Bonchev–Trinajstić information content (AvgIpc) is 3.17. The summed E-state index contributed by atoms with van der Waals surface area (Å²) in [5.74, 6) is -0.720. The summed E-state index contributed by atoms with van der Waals surface area (Å²) in [6.45, 7) is 0.356. The number of nitrogens with one attached hydrogen (secondary N) is 1. The smallest absolute Gasteiger partial charge is 0.245 e. The van der Waals surface area contributed by atoms with Crippen molar-refractivity contribution >= 4 is 10.0 Å². The number of halogens is 1. The molecule has 148 valence electrons. The van der Waals surface area contributed by atoms with Crippen molar-refractivity contribution in [2.45, 2.75) is 30.6 Å². The lowest BCUT2D eigenvalue weighted by Crippen LogP contribution is -2.28. The SMILES string of the molecule is CN(CCCCCc1cc(-c2ccccc2)n[nH]1)S(=O)(=O)c1ccccc1F. The van der Waals surface area contributed by atoms with E-state index >= 15 is 0 Å². The maximum absolute atomic E-state index is 13.8. The van der Waals surface area contributed by atoms with E-state index in [2.05, 4.69) is 10.2 Å². The fraction of sp³-hybridized carbons (Fsp3) is 0.286. The van der Waals surface area contributed by atoms with Crippen LogP contribution in [0.2, 0.25) is 0 Å². The van der Waals surface area contributed by atoms with E-state index in [-0.39, 0.29) is 4.90 Å². The van der Waals surface area contributed by atoms with E-state index in [0.29, 0.717) is 13.0 Å². The molecule has 28 heavy (non-hydrogen) atoms. The van der Waals surface area contributed by atoms with Crippen molar-refractivity contribution in [3.05, 3.63) is 72.2 Å². The molecule has 0 aliphatic carbocycles. The topological polar surface area (TPSA) is 66.1 Å². The normalized spacial score (nSPS) is 11.8. The van der Waals surface area contributed by atoms with Crippen LogP contribution in [0.15, 0.2) is 65.6 Å². The van der Waals surface area contributed by atoms with Crippen molar-refractivity contribution in [2.75, 3.05) is 13.6 Å². The Kier molecular flexibility index (Phi) is 6.59. The molecule has 3 rings (SSSR count). The summed E-state index contributed by atoms with van der Waals surface area (Å²) in [6.07, 6.45) is 3.36. The molecule has 0 aliphatic heterocycles. The van der Waals surface area contributed by atoms with Crippen molar-refractivity contribution < 1.29 is 12.8 Å². The molecule has 1 aromatic heterocycles. The third-order valence-corrected chi connectivity index (χ3v) is 6.53. The van der Waals surface area contributed by atoms with Crippen LogP contribution in [0, 0.1) is 5.82 Å². The van der Waals surface area contributed by atoms with E-state index in [1.54, 1.807) is 0 Å². The fourth-order valence-corrected chi connectivity index (χ4v) is 4.29. The van der Waals surface area contributed by atoms with Crippen molar-refractivity contribution in [3.8, 4) is 11.3 Å². The molecule has 0 saturated carbocycles. The number of sulfonamides is 1. The van der Waals surface area contributed by atoms with Gasteiger partial charge in [-0.25, -0.2) is 17.1 Å². The Labute approximate surface area is 165 Å². The first-order valence-electron chi connectivity index (χ1n) is 9.29. The summed E-state index contributed by atoms with van der Waals surface area (Å²) in [4.78, 5) is -0.275. The van der Waals surface area contributed by atoms with Gasteiger partial charge in [-0.3, -0.25) is 5.10 Å². The number of rotatable bonds is 9. The second-order valence-electron chi connectivity index (χ2n) is 6.71. The zero-order valence-corrected chi connectivity index (χ0v) is 16.6. The van der Waals surface area contributed by atoms with Gasteiger partial charge in [0.15, 0.2) is 0 Å². The standard InChI is InChI=1S/C21H24FN3O2S/c1-25(28(26,27)21-14-8-7-13-19(21)22)15-9-3-6-12-18-16-20(24-23-18)17-10-4-2-5-11-17/h2,4-5,7-8,10-11,13-14,16H,3,6,9,12,15H2,1H3,(H,23,24). The second-order valence-corrected chi connectivity index (χ2v) is 8.73. The van der Waals surface area contributed by atoms with Gasteiger partial charge < -0.3 is 0 Å². The minimum atomic E-state index is -3.79. The van der Waals surface area contributed by atoms with Crippen LogP contribution < -0.4 is 0 Å². The largest absolute Gasteiger partial charge is 0.282 e. The molecule has 0 amide bonds. The Hall–Kier alpha value is -2.51. The van der Waals surface area contributed by atoms with E-state index in [0.717, 1.165) is 42.3 Å². The highest BCUT2D eigenvalue weighted by molar-refractivity contribution is 7.89. The van der Waals surface area contributed by atoms with E-state index in [9.17, 15) is 12.8 Å². The Balaban J connectivity index is 1.45. The molecule has 0 saturated heterocycles. The Morgan fingerprint density at radius 1 is 1.00 bits per heavy atom. The summed E-state index contributed by atoms with van der Waals surface area (Å²) in [7, 11) is -2.31. The van der Waals surface area contributed by atoms with Gasteiger partial charge in [0, 0.05) is 24.8 Å². The molecular formula is C21H24FN3O2S. The van der Waals surface area contributed by atoms with Crippen LogP contribution in [0.4, 0.5) is 4.39 Å². The summed E-state index contributed by atoms with van der Waals surface area (Å²) >= 11 is 0. The minimum absolute atomic E-state index is 0.275. The Morgan fingerprint density at radius 2 is 1.71 bits per heavy atom. The van der Waals surface area contributed by atoms with Gasteiger partial charge in [-0.2, -0.15) is 5.10 Å². The van der Waals surface area contributed by atoms with Crippen LogP contribution in [0.25, 0.3) is 11.3 Å². The maximum atomic E-state index is 13.8. The predicted molar refractivity (Wildman–Crippen MR) is 108 cm³/mol. The third-order valence-electron chi connectivity index (χ3n) is 4.64. The number of aromatic nitrogens is 2. The van der Waals surface area contributed by atoms with Gasteiger partial charge in [-0.1, -0.05) is 48.9 Å². The molecule has 1 heterocycles. The number of aromatic amines is 1. The zero-order chi connectivity index (χ0) is 20.0.